The van der Waals surface area contributed by atoms with E-state index in [4.69, 9.17) is 22.0 Å². The Labute approximate surface area is 111 Å². The van der Waals surface area contributed by atoms with E-state index in [-0.39, 0.29) is 6.61 Å². The molecule has 0 aliphatic heterocycles. The van der Waals surface area contributed by atoms with E-state index in [1.165, 1.54) is 0 Å². The Morgan fingerprint density at radius 1 is 1.41 bits per heavy atom. The van der Waals surface area contributed by atoms with E-state index < -0.39 is 0 Å². The summed E-state index contributed by atoms with van der Waals surface area (Å²) in [6, 6.07) is 7.47. The van der Waals surface area contributed by atoms with Crippen LogP contribution >= 0.6 is 23.4 Å². The van der Waals surface area contributed by atoms with Gasteiger partial charge in [0.25, 0.3) is 0 Å². The Balaban J connectivity index is 2.37. The molecule has 0 aromatic heterocycles. The molecule has 0 bridgehead atoms. The van der Waals surface area contributed by atoms with Crippen LogP contribution in [0.1, 0.15) is 12.0 Å². The molecule has 0 aliphatic rings. The van der Waals surface area contributed by atoms with Crippen molar-refractivity contribution < 1.29 is 5.11 Å². The van der Waals surface area contributed by atoms with Crippen LogP contribution in [-0.4, -0.2) is 29.8 Å². The molecule has 1 rings (SSSR count). The van der Waals surface area contributed by atoms with Crippen LogP contribution in [0.5, 0.6) is 0 Å². The van der Waals surface area contributed by atoms with Crippen molar-refractivity contribution in [2.75, 3.05) is 30.0 Å². The number of hydrogen-bond acceptors (Lipinski definition) is 4. The van der Waals surface area contributed by atoms with Crippen molar-refractivity contribution in [1.82, 2.24) is 0 Å². The van der Waals surface area contributed by atoms with Gasteiger partial charge in [0.1, 0.15) is 6.07 Å². The fourth-order valence-electron chi connectivity index (χ4n) is 1.31. The van der Waals surface area contributed by atoms with E-state index in [2.05, 4.69) is 11.4 Å². The molecule has 5 heteroatoms. The van der Waals surface area contributed by atoms with Crippen LogP contribution in [0, 0.1) is 11.3 Å². The van der Waals surface area contributed by atoms with Gasteiger partial charge in [-0.15, -0.1) is 0 Å². The summed E-state index contributed by atoms with van der Waals surface area (Å²) >= 11 is 7.69. The van der Waals surface area contributed by atoms with E-state index in [9.17, 15) is 0 Å². The Bertz CT molecular complexity index is 393. The monoisotopic (exact) mass is 270 g/mol. The highest BCUT2D eigenvalue weighted by Crippen LogP contribution is 2.23. The molecule has 1 aromatic carbocycles. The van der Waals surface area contributed by atoms with Gasteiger partial charge in [-0.1, -0.05) is 17.7 Å². The van der Waals surface area contributed by atoms with Crippen molar-refractivity contribution in [3.63, 3.8) is 0 Å². The molecule has 0 radical (unpaired) electrons. The zero-order valence-electron chi connectivity index (χ0n) is 9.45. The quantitative estimate of drug-likeness (QED) is 0.748. The van der Waals surface area contributed by atoms with Gasteiger partial charge in [0, 0.05) is 18.9 Å². The van der Waals surface area contributed by atoms with Crippen molar-refractivity contribution in [3.8, 4) is 6.07 Å². The average Bonchev–Trinajstić information content (AvgIpc) is 2.34. The molecule has 3 nitrogen and oxygen atoms in total. The third-order valence-corrected chi connectivity index (χ3v) is 3.52. The van der Waals surface area contributed by atoms with Crippen molar-refractivity contribution in [2.24, 2.45) is 0 Å². The average molecular weight is 271 g/mol. The first kappa shape index (κ1) is 14.2. The zero-order valence-corrected chi connectivity index (χ0v) is 11.0. The second-order valence-corrected chi connectivity index (χ2v) is 5.02. The summed E-state index contributed by atoms with van der Waals surface area (Å²) in [4.78, 5) is 0. The van der Waals surface area contributed by atoms with Gasteiger partial charge in [-0.3, -0.25) is 0 Å². The summed E-state index contributed by atoms with van der Waals surface area (Å²) < 4.78 is 0. The fourth-order valence-corrected chi connectivity index (χ4v) is 2.31. The number of aliphatic hydroxyl groups excluding tert-OH is 1. The number of halogens is 1. The van der Waals surface area contributed by atoms with Crippen molar-refractivity contribution in [2.45, 2.75) is 6.42 Å². The summed E-state index contributed by atoms with van der Waals surface area (Å²) in [6.45, 7) is 1.03. The first-order chi connectivity index (χ1) is 8.29. The van der Waals surface area contributed by atoms with Gasteiger partial charge >= 0.3 is 0 Å². The molecule has 92 valence electrons. The molecular weight excluding hydrogens is 256 g/mol. The van der Waals surface area contributed by atoms with Gasteiger partial charge in [0.15, 0.2) is 0 Å². The topological polar surface area (TPSA) is 56.0 Å². The van der Waals surface area contributed by atoms with Gasteiger partial charge in [-0.2, -0.15) is 17.0 Å². The molecule has 0 amide bonds. The summed E-state index contributed by atoms with van der Waals surface area (Å²) in [5.74, 6) is 1.90. The van der Waals surface area contributed by atoms with E-state index in [0.717, 1.165) is 30.2 Å². The molecule has 17 heavy (non-hydrogen) atoms. The Kier molecular flexibility index (Phi) is 6.87. The summed E-state index contributed by atoms with van der Waals surface area (Å²) in [6.07, 6.45) is 0.825. The molecule has 0 saturated carbocycles. The molecule has 0 saturated heterocycles. The molecule has 1 aromatic rings. The molecule has 0 fully saturated rings. The summed E-state index contributed by atoms with van der Waals surface area (Å²) in [5.41, 5.74) is 1.28. The number of thioether (sulfide) groups is 1. The highest BCUT2D eigenvalue weighted by Gasteiger charge is 2.04. The van der Waals surface area contributed by atoms with Crippen LogP contribution in [0.15, 0.2) is 18.2 Å². The van der Waals surface area contributed by atoms with Crippen molar-refractivity contribution >= 4 is 29.1 Å². The molecule has 2 N–H and O–H groups in total. The number of rotatable bonds is 7. The minimum atomic E-state index is 0.243. The molecule has 0 spiro atoms. The molecule has 0 heterocycles. The highest BCUT2D eigenvalue weighted by atomic mass is 35.5. The number of benzene rings is 1. The van der Waals surface area contributed by atoms with E-state index in [1.807, 2.05) is 12.1 Å². The lowest BCUT2D eigenvalue weighted by Gasteiger charge is -2.08. The number of aliphatic hydroxyl groups is 1. The minimum absolute atomic E-state index is 0.243. The SMILES string of the molecule is N#Cc1c(Cl)cccc1NCCSCCCO. The normalized spacial score (nSPS) is 9.94. The largest absolute Gasteiger partial charge is 0.396 e. The maximum atomic E-state index is 8.96. The van der Waals surface area contributed by atoms with E-state index in [0.29, 0.717) is 10.6 Å². The van der Waals surface area contributed by atoms with E-state index in [1.54, 1.807) is 17.8 Å². The zero-order chi connectivity index (χ0) is 12.5. The summed E-state index contributed by atoms with van der Waals surface area (Å²) in [5, 5.41) is 21.3. The Morgan fingerprint density at radius 3 is 2.94 bits per heavy atom. The smallest absolute Gasteiger partial charge is 0.103 e. The second kappa shape index (κ2) is 8.24. The first-order valence-electron chi connectivity index (χ1n) is 5.40. The van der Waals surface area contributed by atoms with Gasteiger partial charge in [0.05, 0.1) is 16.3 Å². The van der Waals surface area contributed by atoms with Crippen molar-refractivity contribution in [1.29, 1.82) is 5.26 Å². The van der Waals surface area contributed by atoms with Crippen LogP contribution in [0.2, 0.25) is 5.02 Å². The lowest BCUT2D eigenvalue weighted by Crippen LogP contribution is -2.06. The predicted molar refractivity (Wildman–Crippen MR) is 73.7 cm³/mol. The van der Waals surface area contributed by atoms with Gasteiger partial charge in [-0.25, -0.2) is 0 Å². The predicted octanol–water partition coefficient (Wildman–Crippen LogP) is 2.74. The molecule has 0 unspecified atom stereocenters. The molecular formula is C12H15ClN2OS. The van der Waals surface area contributed by atoms with Crippen LogP contribution in [0.4, 0.5) is 5.69 Å². The lowest BCUT2D eigenvalue weighted by atomic mass is 10.2. The third-order valence-electron chi connectivity index (χ3n) is 2.13. The maximum absolute atomic E-state index is 8.96. The van der Waals surface area contributed by atoms with Crippen molar-refractivity contribution in [3.05, 3.63) is 28.8 Å². The lowest BCUT2D eigenvalue weighted by molar-refractivity contribution is 0.296. The number of anilines is 1. The van der Waals surface area contributed by atoms with Crippen LogP contribution in [0.3, 0.4) is 0 Å². The second-order valence-electron chi connectivity index (χ2n) is 3.39. The standard InChI is InChI=1S/C12H15ClN2OS/c13-11-3-1-4-12(10(11)9-14)15-5-8-17-7-2-6-16/h1,3-4,15-16H,2,5-8H2. The summed E-state index contributed by atoms with van der Waals surface area (Å²) in [7, 11) is 0. The Morgan fingerprint density at radius 2 is 2.24 bits per heavy atom. The van der Waals surface area contributed by atoms with Gasteiger partial charge in [0.2, 0.25) is 0 Å². The van der Waals surface area contributed by atoms with Gasteiger partial charge in [-0.05, 0) is 24.3 Å². The first-order valence-corrected chi connectivity index (χ1v) is 6.94. The van der Waals surface area contributed by atoms with Crippen LogP contribution in [-0.2, 0) is 0 Å². The molecule has 0 aliphatic carbocycles. The van der Waals surface area contributed by atoms with Gasteiger partial charge < -0.3 is 10.4 Å². The van der Waals surface area contributed by atoms with Crippen LogP contribution in [0.25, 0.3) is 0 Å². The van der Waals surface area contributed by atoms with Crippen LogP contribution < -0.4 is 5.32 Å². The number of nitrogens with one attached hydrogen (secondary N) is 1. The Hall–Kier alpha value is -0.890. The maximum Gasteiger partial charge on any atom is 0.103 e. The molecule has 0 atom stereocenters. The minimum Gasteiger partial charge on any atom is -0.396 e. The fraction of sp³-hybridized carbons (Fsp3) is 0.417. The number of hydrogen-bond donors (Lipinski definition) is 2. The third kappa shape index (κ3) is 4.86. The number of nitrogens with zero attached hydrogens (tertiary/aromatic N) is 1. The highest BCUT2D eigenvalue weighted by molar-refractivity contribution is 7.99. The van der Waals surface area contributed by atoms with E-state index >= 15 is 0 Å². The number of nitriles is 1.